The van der Waals surface area contributed by atoms with E-state index in [4.69, 9.17) is 0 Å². The molecule has 0 amide bonds. The number of rotatable bonds is 5. The van der Waals surface area contributed by atoms with Gasteiger partial charge in [0.2, 0.25) is 0 Å². The highest BCUT2D eigenvalue weighted by molar-refractivity contribution is 7.12. The van der Waals surface area contributed by atoms with E-state index in [0.29, 0.717) is 6.04 Å². The van der Waals surface area contributed by atoms with E-state index >= 15 is 0 Å². The van der Waals surface area contributed by atoms with Crippen LogP contribution in [0.4, 0.5) is 0 Å². The van der Waals surface area contributed by atoms with Gasteiger partial charge in [0.25, 0.3) is 0 Å². The Balaban J connectivity index is 2.53. The lowest BCUT2D eigenvalue weighted by molar-refractivity contribution is 0.593. The van der Waals surface area contributed by atoms with Crippen molar-refractivity contribution in [2.24, 2.45) is 0 Å². The van der Waals surface area contributed by atoms with Crippen LogP contribution in [0.25, 0.3) is 0 Å². The SMILES string of the molecule is CCCNC(c1cc(C)sc1C)c1c(C)cc(C)cc1C. The van der Waals surface area contributed by atoms with Gasteiger partial charge in [0.05, 0.1) is 6.04 Å². The molecule has 0 fully saturated rings. The van der Waals surface area contributed by atoms with Crippen molar-refractivity contribution in [3.05, 3.63) is 55.8 Å². The highest BCUT2D eigenvalue weighted by Crippen LogP contribution is 2.34. The average molecular weight is 301 g/mol. The van der Waals surface area contributed by atoms with Crippen molar-refractivity contribution < 1.29 is 0 Å². The Labute approximate surface area is 133 Å². The molecule has 1 aromatic carbocycles. The minimum Gasteiger partial charge on any atom is -0.306 e. The molecular weight excluding hydrogens is 274 g/mol. The van der Waals surface area contributed by atoms with E-state index in [1.807, 2.05) is 11.3 Å². The van der Waals surface area contributed by atoms with Crippen molar-refractivity contribution in [2.75, 3.05) is 6.54 Å². The van der Waals surface area contributed by atoms with Crippen LogP contribution in [-0.4, -0.2) is 6.54 Å². The Morgan fingerprint density at radius 3 is 2.10 bits per heavy atom. The molecular formula is C19H27NS. The molecule has 1 aromatic heterocycles. The molecule has 0 aliphatic rings. The summed E-state index contributed by atoms with van der Waals surface area (Å²) in [6.45, 7) is 14.4. The van der Waals surface area contributed by atoms with Gasteiger partial charge in [-0.3, -0.25) is 0 Å². The summed E-state index contributed by atoms with van der Waals surface area (Å²) in [6.07, 6.45) is 1.16. The molecule has 0 spiro atoms. The first-order valence-corrected chi connectivity index (χ1v) is 8.63. The molecule has 114 valence electrons. The van der Waals surface area contributed by atoms with Crippen LogP contribution in [0.15, 0.2) is 18.2 Å². The second kappa shape index (κ2) is 6.76. The number of hydrogen-bond donors (Lipinski definition) is 1. The van der Waals surface area contributed by atoms with Gasteiger partial charge < -0.3 is 5.32 Å². The molecule has 0 saturated heterocycles. The van der Waals surface area contributed by atoms with Crippen LogP contribution in [0, 0.1) is 34.6 Å². The maximum Gasteiger partial charge on any atom is 0.0592 e. The van der Waals surface area contributed by atoms with Crippen molar-refractivity contribution in [1.29, 1.82) is 0 Å². The molecule has 0 radical (unpaired) electrons. The normalized spacial score (nSPS) is 12.7. The minimum atomic E-state index is 0.315. The molecule has 1 unspecified atom stereocenters. The van der Waals surface area contributed by atoms with E-state index in [0.717, 1.165) is 13.0 Å². The van der Waals surface area contributed by atoms with E-state index in [9.17, 15) is 0 Å². The van der Waals surface area contributed by atoms with Crippen LogP contribution in [0.2, 0.25) is 0 Å². The van der Waals surface area contributed by atoms with Crippen molar-refractivity contribution in [1.82, 2.24) is 5.32 Å². The Morgan fingerprint density at radius 2 is 1.62 bits per heavy atom. The maximum atomic E-state index is 3.76. The number of hydrogen-bond acceptors (Lipinski definition) is 2. The lowest BCUT2D eigenvalue weighted by atomic mass is 9.90. The number of nitrogens with one attached hydrogen (secondary N) is 1. The van der Waals surface area contributed by atoms with Crippen molar-refractivity contribution in [3.63, 3.8) is 0 Å². The minimum absolute atomic E-state index is 0.315. The molecule has 0 aliphatic heterocycles. The molecule has 1 atom stereocenters. The highest BCUT2D eigenvalue weighted by atomic mass is 32.1. The standard InChI is InChI=1S/C19H27NS/c1-7-8-20-19(17-11-15(5)21-16(17)6)18-13(3)9-12(2)10-14(18)4/h9-11,19-20H,7-8H2,1-6H3. The first kappa shape index (κ1) is 16.3. The summed E-state index contributed by atoms with van der Waals surface area (Å²) in [5.74, 6) is 0. The Kier molecular flexibility index (Phi) is 5.23. The lowest BCUT2D eigenvalue weighted by Crippen LogP contribution is -2.25. The van der Waals surface area contributed by atoms with Gasteiger partial charge >= 0.3 is 0 Å². The van der Waals surface area contributed by atoms with Crippen molar-refractivity contribution in [2.45, 2.75) is 54.0 Å². The number of thiophene rings is 1. The van der Waals surface area contributed by atoms with Gasteiger partial charge in [-0.1, -0.05) is 24.6 Å². The Bertz CT molecular complexity index is 601. The van der Waals surface area contributed by atoms with E-state index in [-0.39, 0.29) is 0 Å². The third-order valence-corrected chi connectivity index (χ3v) is 5.00. The quantitative estimate of drug-likeness (QED) is 0.782. The predicted octanol–water partition coefficient (Wildman–Crippen LogP) is 5.38. The largest absolute Gasteiger partial charge is 0.306 e. The summed E-state index contributed by atoms with van der Waals surface area (Å²) in [7, 11) is 0. The van der Waals surface area contributed by atoms with Gasteiger partial charge in [-0.2, -0.15) is 0 Å². The van der Waals surface area contributed by atoms with Gasteiger partial charge in [0, 0.05) is 9.75 Å². The van der Waals surface area contributed by atoms with E-state index in [2.05, 4.69) is 65.1 Å². The summed E-state index contributed by atoms with van der Waals surface area (Å²) in [4.78, 5) is 2.83. The third-order valence-electron chi connectivity index (χ3n) is 4.02. The summed E-state index contributed by atoms with van der Waals surface area (Å²) in [6, 6.07) is 7.27. The molecule has 1 N–H and O–H groups in total. The molecule has 0 saturated carbocycles. The highest BCUT2D eigenvalue weighted by Gasteiger charge is 2.21. The topological polar surface area (TPSA) is 12.0 Å². The molecule has 0 bridgehead atoms. The van der Waals surface area contributed by atoms with E-state index in [1.165, 1.54) is 37.6 Å². The van der Waals surface area contributed by atoms with Crippen LogP contribution in [0.5, 0.6) is 0 Å². The van der Waals surface area contributed by atoms with Gasteiger partial charge in [-0.15, -0.1) is 11.3 Å². The summed E-state index contributed by atoms with van der Waals surface area (Å²) in [5.41, 5.74) is 7.03. The van der Waals surface area contributed by atoms with E-state index in [1.54, 1.807) is 0 Å². The molecule has 2 rings (SSSR count). The summed E-state index contributed by atoms with van der Waals surface area (Å²) < 4.78 is 0. The lowest BCUT2D eigenvalue weighted by Gasteiger charge is -2.24. The molecule has 1 nitrogen and oxygen atoms in total. The predicted molar refractivity (Wildman–Crippen MR) is 94.6 cm³/mol. The zero-order valence-electron chi connectivity index (χ0n) is 14.1. The summed E-state index contributed by atoms with van der Waals surface area (Å²) >= 11 is 1.90. The van der Waals surface area contributed by atoms with Gasteiger partial charge in [-0.05, 0) is 75.9 Å². The van der Waals surface area contributed by atoms with Crippen LogP contribution in [0.1, 0.15) is 57.0 Å². The fourth-order valence-corrected chi connectivity index (χ4v) is 4.20. The average Bonchev–Trinajstić information content (AvgIpc) is 2.71. The van der Waals surface area contributed by atoms with Crippen LogP contribution in [0.3, 0.4) is 0 Å². The van der Waals surface area contributed by atoms with Gasteiger partial charge in [-0.25, -0.2) is 0 Å². The Hall–Kier alpha value is -1.12. The third kappa shape index (κ3) is 3.56. The smallest absolute Gasteiger partial charge is 0.0592 e. The summed E-state index contributed by atoms with van der Waals surface area (Å²) in [5, 5.41) is 3.76. The fourth-order valence-electron chi connectivity index (χ4n) is 3.24. The second-order valence-electron chi connectivity index (χ2n) is 6.07. The van der Waals surface area contributed by atoms with Gasteiger partial charge in [0.1, 0.15) is 0 Å². The number of aryl methyl sites for hydroxylation is 5. The maximum absolute atomic E-state index is 3.76. The number of benzene rings is 1. The van der Waals surface area contributed by atoms with Gasteiger partial charge in [0.15, 0.2) is 0 Å². The van der Waals surface area contributed by atoms with Crippen LogP contribution < -0.4 is 5.32 Å². The fraction of sp³-hybridized carbons (Fsp3) is 0.474. The monoisotopic (exact) mass is 301 g/mol. The zero-order valence-corrected chi connectivity index (χ0v) is 14.9. The molecule has 21 heavy (non-hydrogen) atoms. The van der Waals surface area contributed by atoms with E-state index < -0.39 is 0 Å². The molecule has 0 aliphatic carbocycles. The zero-order chi connectivity index (χ0) is 15.6. The molecule has 2 heteroatoms. The van der Waals surface area contributed by atoms with Crippen molar-refractivity contribution in [3.8, 4) is 0 Å². The first-order valence-electron chi connectivity index (χ1n) is 7.82. The molecule has 2 aromatic rings. The van der Waals surface area contributed by atoms with Crippen LogP contribution in [-0.2, 0) is 0 Å². The second-order valence-corrected chi connectivity index (χ2v) is 7.53. The Morgan fingerprint density at radius 1 is 1.00 bits per heavy atom. The van der Waals surface area contributed by atoms with Crippen molar-refractivity contribution >= 4 is 11.3 Å². The first-order chi connectivity index (χ1) is 9.93. The van der Waals surface area contributed by atoms with Crippen LogP contribution >= 0.6 is 11.3 Å². The molecule has 1 heterocycles.